The number of aromatic nitrogens is 1. The highest BCUT2D eigenvalue weighted by Gasteiger charge is 2.42. The number of ether oxygens (including phenoxy) is 1. The van der Waals surface area contributed by atoms with Crippen LogP contribution in [0.2, 0.25) is 0 Å². The molecule has 1 aromatic rings. The molecular formula is C27H36F3NO5S. The monoisotopic (exact) mass is 543 g/mol. The molecular weight excluding hydrogens is 507 g/mol. The first kappa shape index (κ1) is 30.9. The fraction of sp³-hybridized carbons (Fsp3) is 0.593. The van der Waals surface area contributed by atoms with Crippen LogP contribution in [-0.2, 0) is 14.3 Å². The van der Waals surface area contributed by atoms with Gasteiger partial charge in [0.2, 0.25) is 0 Å². The van der Waals surface area contributed by atoms with E-state index in [2.05, 4.69) is 4.98 Å². The summed E-state index contributed by atoms with van der Waals surface area (Å²) in [7, 11) is 0. The number of hydrogen-bond donors (Lipinski definition) is 2. The van der Waals surface area contributed by atoms with Gasteiger partial charge in [-0.1, -0.05) is 45.9 Å². The first-order valence-electron chi connectivity index (χ1n) is 12.2. The van der Waals surface area contributed by atoms with Crippen molar-refractivity contribution in [2.75, 3.05) is 0 Å². The van der Waals surface area contributed by atoms with E-state index in [1.54, 1.807) is 25.3 Å². The third kappa shape index (κ3) is 8.35. The molecule has 0 aromatic carbocycles. The van der Waals surface area contributed by atoms with Crippen LogP contribution in [0.5, 0.6) is 0 Å². The van der Waals surface area contributed by atoms with Gasteiger partial charge in [0.1, 0.15) is 11.9 Å². The molecule has 2 heterocycles. The number of Topliss-reactive ketones (excluding diaryl/α,β-unsaturated/α-hetero) is 1. The Labute approximate surface area is 219 Å². The number of hydrogen-bond acceptors (Lipinski definition) is 7. The molecule has 0 spiro atoms. The standard InChI is InChI=1S/C27H36F3NO5S/c1-15-8-7-9-19(27(28,29)30)10-11-21(16(2)12-20-14-37-18(4)31-20)36-23(33)13-22(32)26(5,6)25(35)17(3)24(15)34/h7-8,10,12,14-15,17,21-22,24,32,34H,9,11,13H2,1-6H3/t15-,17?,21?,22-,24-/m0/s1. The summed E-state index contributed by atoms with van der Waals surface area (Å²) < 4.78 is 46.8. The molecule has 2 rings (SSSR count). The lowest BCUT2D eigenvalue weighted by Crippen LogP contribution is -2.45. The Bertz CT molecular complexity index is 1060. The van der Waals surface area contributed by atoms with Crippen LogP contribution in [0, 0.1) is 24.2 Å². The maximum Gasteiger partial charge on any atom is 0.412 e. The topological polar surface area (TPSA) is 96.7 Å². The average molecular weight is 544 g/mol. The molecule has 0 fully saturated rings. The van der Waals surface area contributed by atoms with Crippen LogP contribution in [-0.4, -0.2) is 51.4 Å². The van der Waals surface area contributed by atoms with Crippen molar-refractivity contribution in [2.24, 2.45) is 17.3 Å². The number of nitrogens with zero attached hydrogens (tertiary/aromatic N) is 1. The third-order valence-corrected chi connectivity index (χ3v) is 7.60. The highest BCUT2D eigenvalue weighted by atomic mass is 32.1. The smallest absolute Gasteiger partial charge is 0.412 e. The molecule has 1 aliphatic rings. The van der Waals surface area contributed by atoms with Gasteiger partial charge in [-0.2, -0.15) is 13.2 Å². The Morgan fingerprint density at radius 2 is 1.89 bits per heavy atom. The van der Waals surface area contributed by atoms with Crippen molar-refractivity contribution < 1.29 is 37.7 Å². The van der Waals surface area contributed by atoms with Gasteiger partial charge in [0.15, 0.2) is 0 Å². The number of ketones is 1. The van der Waals surface area contributed by atoms with Crippen molar-refractivity contribution in [2.45, 2.75) is 85.3 Å². The number of rotatable bonds is 2. The minimum Gasteiger partial charge on any atom is -0.457 e. The van der Waals surface area contributed by atoms with Gasteiger partial charge in [0.25, 0.3) is 0 Å². The molecule has 0 aliphatic carbocycles. The van der Waals surface area contributed by atoms with Crippen molar-refractivity contribution in [1.29, 1.82) is 0 Å². The maximum absolute atomic E-state index is 13.8. The minimum atomic E-state index is -4.61. The Hall–Kier alpha value is -2.30. The van der Waals surface area contributed by atoms with Crippen LogP contribution in [0.1, 0.15) is 64.6 Å². The highest BCUT2D eigenvalue weighted by Crippen LogP contribution is 2.33. The Balaban J connectivity index is 2.50. The largest absolute Gasteiger partial charge is 0.457 e. The summed E-state index contributed by atoms with van der Waals surface area (Å²) in [6.07, 6.45) is -4.04. The molecule has 37 heavy (non-hydrogen) atoms. The molecule has 1 aliphatic heterocycles. The van der Waals surface area contributed by atoms with Crippen LogP contribution < -0.4 is 0 Å². The predicted molar refractivity (Wildman–Crippen MR) is 137 cm³/mol. The molecule has 5 atom stereocenters. The van der Waals surface area contributed by atoms with Gasteiger partial charge in [-0.05, 0) is 31.9 Å². The van der Waals surface area contributed by atoms with Gasteiger partial charge in [-0.15, -0.1) is 11.3 Å². The maximum atomic E-state index is 13.8. The lowest BCUT2D eigenvalue weighted by atomic mass is 9.73. The zero-order chi connectivity index (χ0) is 28.1. The number of aryl methyl sites for hydroxylation is 1. The molecule has 0 saturated carbocycles. The van der Waals surface area contributed by atoms with Crippen LogP contribution in [0.15, 0.2) is 34.8 Å². The summed E-state index contributed by atoms with van der Waals surface area (Å²) in [6.45, 7) is 9.55. The lowest BCUT2D eigenvalue weighted by molar-refractivity contribution is -0.154. The number of alkyl halides is 3. The highest BCUT2D eigenvalue weighted by molar-refractivity contribution is 7.09. The molecule has 0 bridgehead atoms. The molecule has 2 unspecified atom stereocenters. The van der Waals surface area contributed by atoms with Crippen molar-refractivity contribution in [1.82, 2.24) is 4.98 Å². The molecule has 1 aromatic heterocycles. The molecule has 0 amide bonds. The molecule has 6 nitrogen and oxygen atoms in total. The number of carbonyl (C=O) groups excluding carboxylic acids is 2. The van der Waals surface area contributed by atoms with Crippen LogP contribution in [0.4, 0.5) is 13.2 Å². The third-order valence-electron chi connectivity index (χ3n) is 6.81. The number of thiazole rings is 1. The lowest BCUT2D eigenvalue weighted by Gasteiger charge is -2.34. The van der Waals surface area contributed by atoms with Crippen molar-refractivity contribution in [3.8, 4) is 0 Å². The van der Waals surface area contributed by atoms with Crippen molar-refractivity contribution in [3.05, 3.63) is 45.5 Å². The van der Waals surface area contributed by atoms with E-state index < -0.39 is 71.9 Å². The summed E-state index contributed by atoms with van der Waals surface area (Å²) in [5.41, 5.74) is -1.11. The van der Waals surface area contributed by atoms with Crippen LogP contribution in [0.25, 0.3) is 6.08 Å². The number of halogens is 3. The van der Waals surface area contributed by atoms with Gasteiger partial charge in [-0.25, -0.2) is 4.98 Å². The average Bonchev–Trinajstić information content (AvgIpc) is 3.21. The number of carbonyl (C=O) groups is 2. The molecule has 206 valence electrons. The van der Waals surface area contributed by atoms with E-state index in [1.807, 2.05) is 6.92 Å². The number of esters is 1. The van der Waals surface area contributed by atoms with Crippen LogP contribution >= 0.6 is 11.3 Å². The van der Waals surface area contributed by atoms with Crippen LogP contribution in [0.3, 0.4) is 0 Å². The first-order chi connectivity index (χ1) is 17.0. The molecule has 0 radical (unpaired) electrons. The quantitative estimate of drug-likeness (QED) is 0.373. The second-order valence-electron chi connectivity index (χ2n) is 10.2. The van der Waals surface area contributed by atoms with E-state index in [9.17, 15) is 33.0 Å². The van der Waals surface area contributed by atoms with E-state index in [-0.39, 0.29) is 6.42 Å². The Morgan fingerprint density at radius 1 is 1.24 bits per heavy atom. The van der Waals surface area contributed by atoms with Crippen molar-refractivity contribution in [3.63, 3.8) is 0 Å². The van der Waals surface area contributed by atoms with Gasteiger partial charge >= 0.3 is 12.1 Å². The fourth-order valence-corrected chi connectivity index (χ4v) is 4.74. The van der Waals surface area contributed by atoms with E-state index >= 15 is 0 Å². The van der Waals surface area contributed by atoms with Gasteiger partial charge < -0.3 is 14.9 Å². The zero-order valence-electron chi connectivity index (χ0n) is 22.0. The molecule has 2 N–H and O–H groups in total. The first-order valence-corrected chi connectivity index (χ1v) is 13.0. The van der Waals surface area contributed by atoms with E-state index in [1.165, 1.54) is 44.3 Å². The summed E-state index contributed by atoms with van der Waals surface area (Å²) in [4.78, 5) is 30.2. The zero-order valence-corrected chi connectivity index (χ0v) is 22.8. The van der Waals surface area contributed by atoms with E-state index in [0.29, 0.717) is 11.3 Å². The van der Waals surface area contributed by atoms with Crippen molar-refractivity contribution >= 4 is 29.2 Å². The number of aliphatic hydroxyl groups excluding tert-OH is 2. The Morgan fingerprint density at radius 3 is 2.46 bits per heavy atom. The Kier molecular flexibility index (Phi) is 10.4. The summed E-state index contributed by atoms with van der Waals surface area (Å²) in [6, 6.07) is 0. The van der Waals surface area contributed by atoms with Gasteiger partial charge in [-0.3, -0.25) is 9.59 Å². The molecule has 10 heteroatoms. The second kappa shape index (κ2) is 12.5. The fourth-order valence-electron chi connectivity index (χ4n) is 4.17. The summed E-state index contributed by atoms with van der Waals surface area (Å²) in [5.74, 6) is -2.85. The van der Waals surface area contributed by atoms with E-state index in [4.69, 9.17) is 4.74 Å². The number of cyclic esters (lactones) is 1. The predicted octanol–water partition coefficient (Wildman–Crippen LogP) is 5.58. The SMILES string of the molecule is CC(=Cc1csc(C)n1)C1CC=C(C(F)(F)F)CC=C[C@H](C)[C@H](O)C(C)C(=O)C(C)(C)[C@@H](O)CC(=O)O1. The summed E-state index contributed by atoms with van der Waals surface area (Å²) in [5, 5.41) is 24.0. The summed E-state index contributed by atoms with van der Waals surface area (Å²) >= 11 is 1.41. The number of allylic oxidation sites excluding steroid dienone is 2. The minimum absolute atomic E-state index is 0.243. The normalized spacial score (nSPS) is 29.1. The van der Waals surface area contributed by atoms with Gasteiger partial charge in [0, 0.05) is 29.2 Å². The number of aliphatic hydroxyl groups is 2. The second-order valence-corrected chi connectivity index (χ2v) is 11.3. The molecule has 0 saturated heterocycles. The van der Waals surface area contributed by atoms with Gasteiger partial charge in [0.05, 0.1) is 34.7 Å². The van der Waals surface area contributed by atoms with E-state index in [0.717, 1.165) is 11.1 Å².